The van der Waals surface area contributed by atoms with E-state index in [-0.39, 0.29) is 5.92 Å². The fourth-order valence-electron chi connectivity index (χ4n) is 3.14. The Morgan fingerprint density at radius 1 is 1.41 bits per heavy atom. The zero-order valence-corrected chi connectivity index (χ0v) is 15.4. The Bertz CT molecular complexity index is 824. The first-order chi connectivity index (χ1) is 13.0. The van der Waals surface area contributed by atoms with Crippen LogP contribution in [0.1, 0.15) is 18.6 Å². The van der Waals surface area contributed by atoms with Gasteiger partial charge in [-0.15, -0.1) is 0 Å². The van der Waals surface area contributed by atoms with Crippen LogP contribution in [-0.2, 0) is 4.79 Å². The predicted molar refractivity (Wildman–Crippen MR) is 101 cm³/mol. The number of furan rings is 1. The monoisotopic (exact) mass is 393 g/mol. The lowest BCUT2D eigenvalue weighted by Gasteiger charge is -2.27. The molecule has 0 unspecified atom stereocenters. The number of nitrogens with one attached hydrogen (secondary N) is 2. The van der Waals surface area contributed by atoms with Crippen molar-refractivity contribution >= 4 is 23.8 Å². The molecule has 0 amide bonds. The maximum Gasteiger partial charge on any atom is 0.307 e. The van der Waals surface area contributed by atoms with Crippen LogP contribution in [0.25, 0.3) is 11.3 Å². The minimum Gasteiger partial charge on any atom is -0.481 e. The third-order valence-electron chi connectivity index (χ3n) is 4.56. The molecule has 3 rings (SSSR count). The van der Waals surface area contributed by atoms with E-state index in [0.29, 0.717) is 47.5 Å². The van der Waals surface area contributed by atoms with Gasteiger partial charge < -0.3 is 20.3 Å². The fourth-order valence-corrected chi connectivity index (χ4v) is 3.30. The van der Waals surface area contributed by atoms with Crippen LogP contribution < -0.4 is 10.7 Å². The van der Waals surface area contributed by atoms with Gasteiger partial charge in [0.15, 0.2) is 0 Å². The summed E-state index contributed by atoms with van der Waals surface area (Å²) in [5.41, 5.74) is 3.27. The summed E-state index contributed by atoms with van der Waals surface area (Å²) >= 11 is 5.75. The van der Waals surface area contributed by atoms with E-state index in [4.69, 9.17) is 21.1 Å². The first-order valence-corrected chi connectivity index (χ1v) is 9.15. The molecule has 1 saturated heterocycles. The van der Waals surface area contributed by atoms with Gasteiger partial charge in [-0.2, -0.15) is 5.10 Å². The number of carbonyl (C=O) groups is 1. The number of carboxylic acids is 1. The third kappa shape index (κ3) is 5.30. The highest BCUT2D eigenvalue weighted by Crippen LogP contribution is 2.26. The second-order valence-electron chi connectivity index (χ2n) is 6.58. The lowest BCUT2D eigenvalue weighted by Crippen LogP contribution is -2.40. The van der Waals surface area contributed by atoms with Gasteiger partial charge in [0.05, 0.1) is 17.7 Å². The minimum absolute atomic E-state index is 0.311. The molecule has 8 heteroatoms. The van der Waals surface area contributed by atoms with Crippen molar-refractivity contribution in [3.63, 3.8) is 0 Å². The first-order valence-electron chi connectivity index (χ1n) is 8.77. The number of hydrazone groups is 1. The van der Waals surface area contributed by atoms with Gasteiger partial charge in [-0.25, -0.2) is 4.39 Å². The molecule has 2 aromatic rings. The lowest BCUT2D eigenvalue weighted by molar-refractivity contribution is -0.142. The molecule has 2 heterocycles. The number of aliphatic carboxylic acids is 1. The molecule has 3 N–H and O–H groups in total. The Hall–Kier alpha value is -2.38. The average Bonchev–Trinajstić information content (AvgIpc) is 3.10. The topological polar surface area (TPSA) is 86.9 Å². The van der Waals surface area contributed by atoms with E-state index in [2.05, 4.69) is 15.8 Å². The number of carboxylic acid groups (broad SMARTS) is 1. The highest BCUT2D eigenvalue weighted by Gasteiger charge is 2.26. The van der Waals surface area contributed by atoms with Crippen LogP contribution in [0.5, 0.6) is 0 Å². The summed E-state index contributed by atoms with van der Waals surface area (Å²) in [5, 5.41) is 16.7. The summed E-state index contributed by atoms with van der Waals surface area (Å²) in [7, 11) is 0. The van der Waals surface area contributed by atoms with E-state index in [1.165, 1.54) is 12.3 Å². The molecular weight excluding hydrogens is 373 g/mol. The highest BCUT2D eigenvalue weighted by atomic mass is 35.5. The van der Waals surface area contributed by atoms with E-state index in [9.17, 15) is 9.18 Å². The maximum atomic E-state index is 13.9. The molecular formula is C19H21ClFN3O3. The number of hydrogen-bond acceptors (Lipinski definition) is 5. The van der Waals surface area contributed by atoms with Gasteiger partial charge in [0, 0.05) is 18.1 Å². The van der Waals surface area contributed by atoms with Crippen molar-refractivity contribution < 1.29 is 18.7 Å². The highest BCUT2D eigenvalue weighted by molar-refractivity contribution is 6.30. The smallest absolute Gasteiger partial charge is 0.307 e. The van der Waals surface area contributed by atoms with E-state index >= 15 is 0 Å². The molecule has 1 aliphatic heterocycles. The number of nitrogens with zero attached hydrogens (tertiary/aromatic N) is 1. The van der Waals surface area contributed by atoms with Gasteiger partial charge in [0.2, 0.25) is 0 Å². The summed E-state index contributed by atoms with van der Waals surface area (Å²) < 4.78 is 19.5. The van der Waals surface area contributed by atoms with E-state index in [0.717, 1.165) is 13.0 Å². The quantitative estimate of drug-likeness (QED) is 0.381. The summed E-state index contributed by atoms with van der Waals surface area (Å²) in [6.45, 7) is 1.99. The third-order valence-corrected chi connectivity index (χ3v) is 4.80. The molecule has 0 bridgehead atoms. The van der Waals surface area contributed by atoms with Gasteiger partial charge in [0.1, 0.15) is 17.3 Å². The Morgan fingerprint density at radius 2 is 2.26 bits per heavy atom. The molecule has 0 spiro atoms. The van der Waals surface area contributed by atoms with Crippen LogP contribution >= 0.6 is 11.6 Å². The van der Waals surface area contributed by atoms with Crippen molar-refractivity contribution in [3.05, 3.63) is 46.9 Å². The van der Waals surface area contributed by atoms with Crippen molar-refractivity contribution in [3.8, 4) is 11.3 Å². The Morgan fingerprint density at radius 3 is 3.04 bits per heavy atom. The van der Waals surface area contributed by atoms with Crippen LogP contribution in [0.2, 0.25) is 5.02 Å². The SMILES string of the molecule is O=C(O)[C@H]1CNC[C@@H](CCN/N=C/c2ccc(-c3ccc(Cl)cc3F)o2)C1. The van der Waals surface area contributed by atoms with E-state index < -0.39 is 11.8 Å². The maximum absolute atomic E-state index is 13.9. The van der Waals surface area contributed by atoms with Crippen molar-refractivity contribution in [2.75, 3.05) is 19.6 Å². The van der Waals surface area contributed by atoms with Crippen molar-refractivity contribution in [2.45, 2.75) is 12.8 Å². The summed E-state index contributed by atoms with van der Waals surface area (Å²) in [4.78, 5) is 11.1. The Balaban J connectivity index is 1.47. The van der Waals surface area contributed by atoms with E-state index in [1.807, 2.05) is 0 Å². The largest absolute Gasteiger partial charge is 0.481 e. The average molecular weight is 394 g/mol. The van der Waals surface area contributed by atoms with Crippen LogP contribution in [0.15, 0.2) is 39.9 Å². The molecule has 1 aromatic carbocycles. The van der Waals surface area contributed by atoms with Crippen molar-refractivity contribution in [1.82, 2.24) is 10.7 Å². The molecule has 0 saturated carbocycles. The van der Waals surface area contributed by atoms with Gasteiger partial charge in [-0.05, 0) is 55.6 Å². The number of hydrogen-bond donors (Lipinski definition) is 3. The van der Waals surface area contributed by atoms with Crippen molar-refractivity contribution in [2.24, 2.45) is 16.9 Å². The van der Waals surface area contributed by atoms with Gasteiger partial charge >= 0.3 is 5.97 Å². The summed E-state index contributed by atoms with van der Waals surface area (Å²) in [6, 6.07) is 7.79. The molecule has 2 atom stereocenters. The van der Waals surface area contributed by atoms with Crippen molar-refractivity contribution in [1.29, 1.82) is 0 Å². The molecule has 144 valence electrons. The Kier molecular flexibility index (Phi) is 6.47. The molecule has 1 aliphatic rings. The standard InChI is InChI=1S/C19H21ClFN3O3/c20-14-1-3-16(17(21)8-14)18-4-2-15(27-18)11-24-23-6-5-12-7-13(19(25)26)10-22-9-12/h1-4,8,11-13,22-23H,5-7,9-10H2,(H,25,26)/b24-11+/t12-,13+/m0/s1. The number of rotatable bonds is 7. The molecule has 27 heavy (non-hydrogen) atoms. The number of halogens is 2. The number of piperidine rings is 1. The Labute approximate surface area is 161 Å². The normalized spacial score (nSPS) is 20.1. The van der Waals surface area contributed by atoms with Crippen LogP contribution in [0, 0.1) is 17.7 Å². The zero-order valence-electron chi connectivity index (χ0n) is 14.6. The number of benzene rings is 1. The summed E-state index contributed by atoms with van der Waals surface area (Å²) in [5.74, 6) is -0.299. The second-order valence-corrected chi connectivity index (χ2v) is 7.01. The molecule has 0 aliphatic carbocycles. The van der Waals surface area contributed by atoms with Crippen LogP contribution in [-0.4, -0.2) is 36.9 Å². The molecule has 0 radical (unpaired) electrons. The summed E-state index contributed by atoms with van der Waals surface area (Å²) in [6.07, 6.45) is 3.03. The van der Waals surface area contributed by atoms with Crippen LogP contribution in [0.4, 0.5) is 4.39 Å². The van der Waals surface area contributed by atoms with Crippen LogP contribution in [0.3, 0.4) is 0 Å². The molecule has 1 fully saturated rings. The minimum atomic E-state index is -0.746. The first kappa shape index (κ1) is 19.4. The fraction of sp³-hybridized carbons (Fsp3) is 0.368. The van der Waals surface area contributed by atoms with E-state index in [1.54, 1.807) is 24.3 Å². The molecule has 1 aromatic heterocycles. The molecule has 6 nitrogen and oxygen atoms in total. The van der Waals surface area contributed by atoms with Gasteiger partial charge in [-0.1, -0.05) is 11.6 Å². The second kappa shape index (κ2) is 9.01. The predicted octanol–water partition coefficient (Wildman–Crippen LogP) is 3.36. The zero-order chi connectivity index (χ0) is 19.2. The van der Waals surface area contributed by atoms with Gasteiger partial charge in [-0.3, -0.25) is 4.79 Å². The lowest BCUT2D eigenvalue weighted by atomic mass is 9.88. The van der Waals surface area contributed by atoms with Gasteiger partial charge in [0.25, 0.3) is 0 Å².